The molecule has 1 saturated carbocycles. The van der Waals surface area contributed by atoms with Crippen LogP contribution < -0.4 is 0 Å². The fraction of sp³-hybridized carbons (Fsp3) is 0.467. The van der Waals surface area contributed by atoms with E-state index in [1.807, 2.05) is 30.3 Å². The summed E-state index contributed by atoms with van der Waals surface area (Å²) in [5.41, 5.74) is -0.715. The maximum absolute atomic E-state index is 12.3. The third-order valence-electron chi connectivity index (χ3n) is 3.29. The molecule has 0 saturated heterocycles. The molecule has 0 spiro atoms. The first kappa shape index (κ1) is 14.8. The van der Waals surface area contributed by atoms with Crippen molar-refractivity contribution in [2.24, 2.45) is 5.41 Å². The zero-order valence-corrected chi connectivity index (χ0v) is 12.6. The molecule has 1 aliphatic carbocycles. The number of benzene rings is 1. The summed E-state index contributed by atoms with van der Waals surface area (Å²) >= 11 is 0. The van der Waals surface area contributed by atoms with Gasteiger partial charge in [-0.2, -0.15) is 8.42 Å². The van der Waals surface area contributed by atoms with Crippen molar-refractivity contribution >= 4 is 21.6 Å². The van der Waals surface area contributed by atoms with E-state index < -0.39 is 27.3 Å². The van der Waals surface area contributed by atoms with E-state index in [1.165, 1.54) is 0 Å². The Labute approximate surface area is 120 Å². The smallest absolute Gasteiger partial charge is 0.318 e. The molecule has 1 aliphatic rings. The van der Waals surface area contributed by atoms with Crippen LogP contribution in [0.1, 0.15) is 38.7 Å². The van der Waals surface area contributed by atoms with Gasteiger partial charge in [0.25, 0.3) is 0 Å². The average molecular weight is 294 g/mol. The third kappa shape index (κ3) is 3.10. The van der Waals surface area contributed by atoms with E-state index in [2.05, 4.69) is 0 Å². The van der Waals surface area contributed by atoms with Crippen molar-refractivity contribution < 1.29 is 17.9 Å². The molecule has 5 heteroatoms. The van der Waals surface area contributed by atoms with Gasteiger partial charge in [-0.15, -0.1) is 0 Å². The lowest BCUT2D eigenvalue weighted by atomic mass is 10.0. The monoisotopic (exact) mass is 294 g/mol. The Morgan fingerprint density at radius 1 is 1.30 bits per heavy atom. The SMILES string of the molecule is CC(C)(C)OC(=O)C1(C=S(=O)=O)CC1c1ccccc1. The summed E-state index contributed by atoms with van der Waals surface area (Å²) in [6.07, 6.45) is 0.472. The minimum Gasteiger partial charge on any atom is -0.459 e. The second kappa shape index (κ2) is 5.05. The van der Waals surface area contributed by atoms with E-state index >= 15 is 0 Å². The fourth-order valence-electron chi connectivity index (χ4n) is 2.33. The number of ether oxygens (including phenoxy) is 1. The van der Waals surface area contributed by atoms with E-state index in [0.717, 1.165) is 10.9 Å². The molecule has 0 amide bonds. The van der Waals surface area contributed by atoms with Gasteiger partial charge in [0, 0.05) is 5.92 Å². The lowest BCUT2D eigenvalue weighted by Crippen LogP contribution is -2.31. The first-order valence-electron chi connectivity index (χ1n) is 6.47. The molecule has 108 valence electrons. The minimum absolute atomic E-state index is 0.128. The molecule has 0 aromatic heterocycles. The van der Waals surface area contributed by atoms with Crippen LogP contribution in [0.2, 0.25) is 0 Å². The highest BCUT2D eigenvalue weighted by Gasteiger charge is 2.61. The Morgan fingerprint density at radius 2 is 1.90 bits per heavy atom. The Morgan fingerprint density at radius 3 is 2.40 bits per heavy atom. The van der Waals surface area contributed by atoms with Gasteiger partial charge in [0.15, 0.2) is 0 Å². The molecule has 2 unspecified atom stereocenters. The molecule has 2 rings (SSSR count). The van der Waals surface area contributed by atoms with Crippen LogP contribution in [0.5, 0.6) is 0 Å². The van der Waals surface area contributed by atoms with Gasteiger partial charge in [0.2, 0.25) is 10.3 Å². The van der Waals surface area contributed by atoms with Gasteiger partial charge in [0.1, 0.15) is 11.0 Å². The van der Waals surface area contributed by atoms with E-state index in [4.69, 9.17) is 4.74 Å². The number of hydrogen-bond donors (Lipinski definition) is 0. The van der Waals surface area contributed by atoms with Crippen LogP contribution >= 0.6 is 0 Å². The first-order valence-corrected chi connectivity index (χ1v) is 7.61. The summed E-state index contributed by atoms with van der Waals surface area (Å²) in [7, 11) is -2.39. The molecule has 0 aliphatic heterocycles. The van der Waals surface area contributed by atoms with Gasteiger partial charge in [-0.25, -0.2) is 0 Å². The summed E-state index contributed by atoms with van der Waals surface area (Å²) < 4.78 is 27.5. The number of rotatable bonds is 3. The molecule has 0 radical (unpaired) electrons. The maximum atomic E-state index is 12.3. The van der Waals surface area contributed by atoms with Crippen LogP contribution in [0.4, 0.5) is 0 Å². The van der Waals surface area contributed by atoms with Crippen molar-refractivity contribution in [1.82, 2.24) is 0 Å². The van der Waals surface area contributed by atoms with Crippen molar-refractivity contribution in [2.75, 3.05) is 0 Å². The normalized spacial score (nSPS) is 24.9. The van der Waals surface area contributed by atoms with Crippen molar-refractivity contribution in [3.05, 3.63) is 35.9 Å². The molecule has 1 aromatic rings. The third-order valence-corrected chi connectivity index (χ3v) is 3.90. The van der Waals surface area contributed by atoms with Gasteiger partial charge < -0.3 is 4.74 Å². The van der Waals surface area contributed by atoms with Crippen molar-refractivity contribution in [1.29, 1.82) is 0 Å². The van der Waals surface area contributed by atoms with Crippen molar-refractivity contribution in [3.63, 3.8) is 0 Å². The van der Waals surface area contributed by atoms with Crippen LogP contribution in [0.25, 0.3) is 0 Å². The van der Waals surface area contributed by atoms with Crippen LogP contribution in [0.3, 0.4) is 0 Å². The number of carbonyl (C=O) groups excluding carboxylic acids is 1. The average Bonchev–Trinajstić information content (AvgIpc) is 3.03. The van der Waals surface area contributed by atoms with Gasteiger partial charge in [-0.1, -0.05) is 30.3 Å². The highest BCUT2D eigenvalue weighted by Crippen LogP contribution is 2.59. The molecular weight excluding hydrogens is 276 g/mol. The van der Waals surface area contributed by atoms with Gasteiger partial charge in [-0.05, 0) is 32.8 Å². The Bertz CT molecular complexity index is 632. The molecule has 1 fully saturated rings. The fourth-order valence-corrected chi connectivity index (χ4v) is 3.03. The van der Waals surface area contributed by atoms with Gasteiger partial charge in [-0.3, -0.25) is 4.79 Å². The van der Waals surface area contributed by atoms with E-state index in [-0.39, 0.29) is 5.92 Å². The summed E-state index contributed by atoms with van der Waals surface area (Å²) in [6, 6.07) is 9.44. The molecule has 4 nitrogen and oxygen atoms in total. The van der Waals surface area contributed by atoms with E-state index in [0.29, 0.717) is 6.42 Å². The standard InChI is InChI=1S/C15H18O4S/c1-14(2,3)19-13(16)15(10-20(17)18)9-12(15)11-7-5-4-6-8-11/h4-8,10,12H,9H2,1-3H3. The predicted octanol–water partition coefficient (Wildman–Crippen LogP) is 2.18. The summed E-state index contributed by atoms with van der Waals surface area (Å²) in [6.45, 7) is 5.31. The molecule has 0 N–H and O–H groups in total. The van der Waals surface area contributed by atoms with Crippen molar-refractivity contribution in [3.8, 4) is 0 Å². The second-order valence-electron chi connectivity index (χ2n) is 6.09. The van der Waals surface area contributed by atoms with Crippen LogP contribution in [-0.2, 0) is 19.8 Å². The largest absolute Gasteiger partial charge is 0.459 e. The highest BCUT2D eigenvalue weighted by molar-refractivity contribution is 7.71. The van der Waals surface area contributed by atoms with Gasteiger partial charge >= 0.3 is 5.97 Å². The minimum atomic E-state index is -2.39. The topological polar surface area (TPSA) is 60.4 Å². The van der Waals surface area contributed by atoms with Crippen LogP contribution in [0.15, 0.2) is 30.3 Å². The molecule has 0 heterocycles. The Hall–Kier alpha value is -1.62. The highest BCUT2D eigenvalue weighted by atomic mass is 32.2. The molecule has 2 atom stereocenters. The van der Waals surface area contributed by atoms with Crippen LogP contribution in [-0.4, -0.2) is 25.4 Å². The van der Waals surface area contributed by atoms with E-state index in [9.17, 15) is 13.2 Å². The quantitative estimate of drug-likeness (QED) is 0.633. The molecule has 0 bridgehead atoms. The molecular formula is C15H18O4S. The summed E-state index contributed by atoms with van der Waals surface area (Å²) in [5.74, 6) is -0.598. The second-order valence-corrected chi connectivity index (χ2v) is 6.84. The number of hydrogen-bond acceptors (Lipinski definition) is 4. The maximum Gasteiger partial charge on any atom is 0.318 e. The Kier molecular flexibility index (Phi) is 3.73. The van der Waals surface area contributed by atoms with E-state index in [1.54, 1.807) is 20.8 Å². The number of esters is 1. The van der Waals surface area contributed by atoms with Gasteiger partial charge in [0.05, 0.1) is 5.37 Å². The number of carbonyl (C=O) groups is 1. The predicted molar refractivity (Wildman–Crippen MR) is 77.1 cm³/mol. The first-order chi connectivity index (χ1) is 9.24. The molecule has 1 aromatic carbocycles. The van der Waals surface area contributed by atoms with Crippen LogP contribution in [0, 0.1) is 5.41 Å². The summed E-state index contributed by atoms with van der Waals surface area (Å²) in [4.78, 5) is 12.3. The summed E-state index contributed by atoms with van der Waals surface area (Å²) in [5, 5.41) is 1.08. The Balaban J connectivity index is 2.32. The van der Waals surface area contributed by atoms with Crippen molar-refractivity contribution in [2.45, 2.75) is 38.7 Å². The zero-order valence-electron chi connectivity index (χ0n) is 11.8. The lowest BCUT2D eigenvalue weighted by Gasteiger charge is -2.22. The zero-order chi connectivity index (χ0) is 15.0. The lowest BCUT2D eigenvalue weighted by molar-refractivity contribution is -0.158. The molecule has 20 heavy (non-hydrogen) atoms.